The van der Waals surface area contributed by atoms with E-state index in [1.165, 1.54) is 0 Å². The molecule has 36 heavy (non-hydrogen) atoms. The van der Waals surface area contributed by atoms with Crippen molar-refractivity contribution in [3.05, 3.63) is 16.7 Å². The zero-order valence-corrected chi connectivity index (χ0v) is 21.8. The monoisotopic (exact) mass is 547 g/mol. The molecule has 0 aliphatic carbocycles. The number of aromatic nitrogens is 4. The normalized spacial score (nSPS) is 24.8. The Kier molecular flexibility index (Phi) is 15.7. The summed E-state index contributed by atoms with van der Waals surface area (Å²) >= 11 is 0. The third kappa shape index (κ3) is 9.78. The molecule has 0 amide bonds. The average molecular weight is 547 g/mol. The molecule has 26 heteroatoms. The smallest absolute Gasteiger partial charge is 0.790 e. The number of ether oxygens (including phenoxy) is 1. The zero-order chi connectivity index (χ0) is 24.1. The molecule has 2 aromatic heterocycles. The Labute approximate surface area is 249 Å². The van der Waals surface area contributed by atoms with Crippen LogP contribution in [0.25, 0.3) is 11.2 Å². The molecule has 0 spiro atoms. The van der Waals surface area contributed by atoms with Crippen molar-refractivity contribution in [3.63, 3.8) is 0 Å². The van der Waals surface area contributed by atoms with E-state index in [0.717, 1.165) is 10.9 Å². The van der Waals surface area contributed by atoms with E-state index < -0.39 is 60.2 Å². The number of hydrogen-bond acceptors (Lipinski definition) is 17. The van der Waals surface area contributed by atoms with Gasteiger partial charge in [-0.15, -0.1) is 0 Å². The van der Waals surface area contributed by atoms with Crippen molar-refractivity contribution in [3.8, 4) is 0 Å². The van der Waals surface area contributed by atoms with Gasteiger partial charge in [0.05, 0.1) is 20.8 Å². The number of hydrogen-bond donors (Lipinski definition) is 4. The summed E-state index contributed by atoms with van der Waals surface area (Å²) in [6.07, 6.45) is -5.61. The molecule has 0 bridgehead atoms. The molecule has 5 N–H and O–H groups in total. The number of aliphatic hydroxyl groups excluding tert-OH is 2. The van der Waals surface area contributed by atoms with Crippen molar-refractivity contribution in [1.82, 2.24) is 19.5 Å². The Morgan fingerprint density at radius 2 is 1.64 bits per heavy atom. The second kappa shape index (κ2) is 14.5. The maximum atomic E-state index is 11.8. The Morgan fingerprint density at radius 3 is 2.19 bits per heavy atom. The summed E-state index contributed by atoms with van der Waals surface area (Å²) in [6.45, 7) is -1.13. The summed E-state index contributed by atoms with van der Waals surface area (Å²) < 4.78 is 50.0. The molecule has 1 fully saturated rings. The maximum Gasteiger partial charge on any atom is 1.00 e. The van der Waals surface area contributed by atoms with Gasteiger partial charge in [0.2, 0.25) is 5.95 Å². The van der Waals surface area contributed by atoms with E-state index >= 15 is 0 Å². The number of nitrogens with two attached hydrogens (primary N) is 1. The SMILES string of the molecule is Nc1nc2c(ncn2C2OC(COP(=O)([O-])OP(=O)([O-])OP(=O)([O-])[O-])C(O)C2O)c(=O)[nH]1.[Li+].[Li+].[Li+].[Li+]. The fraction of sp³-hybridized carbons (Fsp3) is 0.500. The van der Waals surface area contributed by atoms with Crippen LogP contribution in [0.4, 0.5) is 5.95 Å². The Balaban J connectivity index is 0. The molecule has 0 radical (unpaired) electrons. The first-order chi connectivity index (χ1) is 14.6. The van der Waals surface area contributed by atoms with Gasteiger partial charge in [-0.2, -0.15) is 4.98 Å². The predicted octanol–water partition coefficient (Wildman–Crippen LogP) is -16.8. The van der Waals surface area contributed by atoms with Gasteiger partial charge in [-0.1, -0.05) is 0 Å². The number of nitrogens with zero attached hydrogens (tertiary/aromatic N) is 3. The minimum Gasteiger partial charge on any atom is -0.790 e. The molecule has 3 rings (SSSR count). The Hall–Kier alpha value is 0.830. The Morgan fingerprint density at radius 1 is 1.06 bits per heavy atom. The molecule has 2 aromatic rings. The van der Waals surface area contributed by atoms with Crippen molar-refractivity contribution < 1.29 is 137 Å². The van der Waals surface area contributed by atoms with Gasteiger partial charge in [-0.05, 0) is 0 Å². The summed E-state index contributed by atoms with van der Waals surface area (Å²) in [5.74, 6) is -0.299. The number of aromatic amines is 1. The summed E-state index contributed by atoms with van der Waals surface area (Å²) in [4.78, 5) is 65.0. The minimum atomic E-state index is -6.17. The number of phosphoric acid groups is 3. The van der Waals surface area contributed by atoms with E-state index in [1.54, 1.807) is 0 Å². The molecular formula is C10H12Li4N5O14P3. The third-order valence-corrected chi connectivity index (χ3v) is 7.52. The predicted molar refractivity (Wildman–Crippen MR) is 89.4 cm³/mol. The number of nitrogens with one attached hydrogen (secondary N) is 1. The summed E-state index contributed by atoms with van der Waals surface area (Å²) in [5.41, 5.74) is 4.40. The number of anilines is 1. The molecule has 0 saturated carbocycles. The van der Waals surface area contributed by atoms with Gasteiger partial charge >= 0.3 is 75.4 Å². The van der Waals surface area contributed by atoms with Crippen LogP contribution < -0.4 is 106 Å². The number of rotatable bonds is 8. The van der Waals surface area contributed by atoms with Gasteiger partial charge in [-0.3, -0.25) is 27.8 Å². The van der Waals surface area contributed by atoms with Gasteiger partial charge in [-0.25, -0.2) is 9.29 Å². The van der Waals surface area contributed by atoms with E-state index in [1.807, 2.05) is 0 Å². The van der Waals surface area contributed by atoms with Gasteiger partial charge < -0.3 is 49.3 Å². The summed E-state index contributed by atoms with van der Waals surface area (Å²) in [7, 11) is -18.2. The van der Waals surface area contributed by atoms with E-state index in [9.17, 15) is 48.3 Å². The van der Waals surface area contributed by atoms with Gasteiger partial charge in [0.15, 0.2) is 17.4 Å². The van der Waals surface area contributed by atoms with Crippen molar-refractivity contribution >= 4 is 40.6 Å². The largest absolute Gasteiger partial charge is 1.00 e. The summed E-state index contributed by atoms with van der Waals surface area (Å²) in [6, 6.07) is 0. The molecule has 1 aliphatic heterocycles. The van der Waals surface area contributed by atoms with E-state index in [4.69, 9.17) is 10.5 Å². The van der Waals surface area contributed by atoms with Gasteiger partial charge in [0, 0.05) is 0 Å². The van der Waals surface area contributed by atoms with Crippen LogP contribution in [0.3, 0.4) is 0 Å². The number of imidazole rings is 1. The molecule has 1 saturated heterocycles. The van der Waals surface area contributed by atoms with Crippen LogP contribution in [-0.4, -0.2) is 54.7 Å². The molecule has 6 unspecified atom stereocenters. The minimum absolute atomic E-state index is 0. The van der Waals surface area contributed by atoms with Crippen molar-refractivity contribution in [2.45, 2.75) is 24.5 Å². The van der Waals surface area contributed by atoms with Crippen molar-refractivity contribution in [1.29, 1.82) is 0 Å². The Bertz CT molecular complexity index is 1230. The van der Waals surface area contributed by atoms with Gasteiger partial charge in [0.1, 0.15) is 18.3 Å². The molecular weight excluding hydrogens is 535 g/mol. The third-order valence-electron chi connectivity index (χ3n) is 3.86. The fourth-order valence-corrected chi connectivity index (χ4v) is 5.54. The van der Waals surface area contributed by atoms with Crippen LogP contribution in [0.15, 0.2) is 11.1 Å². The number of aliphatic hydroxyl groups is 2. The van der Waals surface area contributed by atoms with Crippen LogP contribution >= 0.6 is 23.5 Å². The first-order valence-electron chi connectivity index (χ1n) is 8.04. The van der Waals surface area contributed by atoms with Gasteiger partial charge in [0.25, 0.3) is 21.2 Å². The van der Waals surface area contributed by atoms with Crippen LogP contribution in [-0.2, 0) is 31.6 Å². The maximum absolute atomic E-state index is 11.8. The molecule has 6 atom stereocenters. The fourth-order valence-electron chi connectivity index (χ4n) is 2.67. The van der Waals surface area contributed by atoms with Crippen LogP contribution in [0.2, 0.25) is 0 Å². The van der Waals surface area contributed by atoms with E-state index in [0.29, 0.717) is 0 Å². The number of nitrogen functional groups attached to an aromatic ring is 1. The number of H-pyrrole nitrogens is 1. The molecule has 180 valence electrons. The first kappa shape index (κ1) is 39.0. The first-order valence-corrected chi connectivity index (χ1v) is 12.4. The van der Waals surface area contributed by atoms with Crippen molar-refractivity contribution in [2.75, 3.05) is 12.3 Å². The standard InChI is InChI=1S/C10H16N5O14P3.4Li/c11-10-13-7-4(8(18)14-10)12-2-15(7)9-6(17)5(16)3(27-9)1-26-31(22,23)29-32(24,25)28-30(19,20)21;;;;/h2-3,5-6,9,16-17H,1H2,(H,22,23)(H,24,25)(H2,19,20,21)(H3,11,13,14,18);;;;/q;4*+1/p-4. The van der Waals surface area contributed by atoms with Crippen molar-refractivity contribution in [2.24, 2.45) is 0 Å². The van der Waals surface area contributed by atoms with E-state index in [-0.39, 0.29) is 92.6 Å². The van der Waals surface area contributed by atoms with Crippen LogP contribution in [0.1, 0.15) is 6.23 Å². The van der Waals surface area contributed by atoms with Crippen LogP contribution in [0, 0.1) is 0 Å². The average Bonchev–Trinajstić information content (AvgIpc) is 3.12. The topological polar surface area (TPSA) is 310 Å². The second-order valence-electron chi connectivity index (χ2n) is 6.12. The molecule has 19 nitrogen and oxygen atoms in total. The quantitative estimate of drug-likeness (QED) is 0.176. The summed E-state index contributed by atoms with van der Waals surface area (Å²) in [5, 5.41) is 20.3. The van der Waals surface area contributed by atoms with Crippen LogP contribution in [0.5, 0.6) is 0 Å². The zero-order valence-electron chi connectivity index (χ0n) is 19.1. The van der Waals surface area contributed by atoms with E-state index in [2.05, 4.69) is 28.1 Å². The molecule has 1 aliphatic rings. The number of fused-ring (bicyclic) bond motifs is 1. The second-order valence-corrected chi connectivity index (χ2v) is 10.4. The molecule has 3 heterocycles. The molecule has 0 aromatic carbocycles. The number of phosphoric ester groups is 1.